The lowest BCUT2D eigenvalue weighted by Crippen LogP contribution is -2.33. The molecular weight excluding hydrogens is 416 g/mol. The Balaban J connectivity index is 1.84. The molecule has 3 rings (SSSR count). The number of amides is 1. The molecule has 31 heavy (non-hydrogen) atoms. The van der Waals surface area contributed by atoms with Gasteiger partial charge in [0.1, 0.15) is 11.5 Å². The Labute approximate surface area is 184 Å². The average molecular weight is 447 g/mol. The van der Waals surface area contributed by atoms with Crippen molar-refractivity contribution in [3.05, 3.63) is 47.5 Å². The van der Waals surface area contributed by atoms with Crippen LogP contribution in [0, 0.1) is 13.8 Å². The Morgan fingerprint density at radius 2 is 1.84 bits per heavy atom. The predicted octanol–water partition coefficient (Wildman–Crippen LogP) is 3.89. The SMILES string of the molecule is CC[C@H](Oc1cccc(C)c1C)C(=O)Nc1cc(S(=O)(=O)N2CCCC2)ccc1OC. The molecular formula is C23H30N2O5S. The summed E-state index contributed by atoms with van der Waals surface area (Å²) in [5.74, 6) is 0.673. The third kappa shape index (κ3) is 5.02. The van der Waals surface area contributed by atoms with E-state index in [0.29, 0.717) is 36.7 Å². The van der Waals surface area contributed by atoms with E-state index in [-0.39, 0.29) is 10.8 Å². The fourth-order valence-corrected chi connectivity index (χ4v) is 5.11. The van der Waals surface area contributed by atoms with Gasteiger partial charge in [-0.25, -0.2) is 8.42 Å². The van der Waals surface area contributed by atoms with E-state index in [4.69, 9.17) is 9.47 Å². The maximum Gasteiger partial charge on any atom is 0.265 e. The highest BCUT2D eigenvalue weighted by atomic mass is 32.2. The van der Waals surface area contributed by atoms with Crippen LogP contribution in [0.1, 0.15) is 37.3 Å². The van der Waals surface area contributed by atoms with Gasteiger partial charge in [-0.05, 0) is 68.5 Å². The molecule has 1 amide bonds. The van der Waals surface area contributed by atoms with Crippen molar-refractivity contribution in [1.29, 1.82) is 0 Å². The van der Waals surface area contributed by atoms with E-state index in [2.05, 4.69) is 5.32 Å². The third-order valence-corrected chi connectivity index (χ3v) is 7.51. The van der Waals surface area contributed by atoms with Gasteiger partial charge in [0, 0.05) is 13.1 Å². The highest BCUT2D eigenvalue weighted by molar-refractivity contribution is 7.89. The fraction of sp³-hybridized carbons (Fsp3) is 0.435. The molecule has 2 aromatic rings. The lowest BCUT2D eigenvalue weighted by Gasteiger charge is -2.21. The molecule has 1 aliphatic rings. The number of methoxy groups -OCH3 is 1. The first-order valence-electron chi connectivity index (χ1n) is 10.5. The molecule has 7 nitrogen and oxygen atoms in total. The van der Waals surface area contributed by atoms with E-state index in [1.165, 1.54) is 23.5 Å². The van der Waals surface area contributed by atoms with Crippen molar-refractivity contribution in [1.82, 2.24) is 4.31 Å². The van der Waals surface area contributed by atoms with E-state index in [9.17, 15) is 13.2 Å². The summed E-state index contributed by atoms with van der Waals surface area (Å²) in [4.78, 5) is 13.1. The summed E-state index contributed by atoms with van der Waals surface area (Å²) in [6.07, 6.45) is 1.43. The molecule has 1 saturated heterocycles. The maximum atomic E-state index is 13.0. The smallest absolute Gasteiger partial charge is 0.265 e. The lowest BCUT2D eigenvalue weighted by molar-refractivity contribution is -0.122. The molecule has 1 heterocycles. The maximum absolute atomic E-state index is 13.0. The van der Waals surface area contributed by atoms with Gasteiger partial charge in [-0.15, -0.1) is 0 Å². The largest absolute Gasteiger partial charge is 0.495 e. The molecule has 1 N–H and O–H groups in total. The van der Waals surface area contributed by atoms with E-state index in [0.717, 1.165) is 24.0 Å². The van der Waals surface area contributed by atoms with Crippen molar-refractivity contribution >= 4 is 21.6 Å². The molecule has 0 unspecified atom stereocenters. The minimum atomic E-state index is -3.61. The highest BCUT2D eigenvalue weighted by Crippen LogP contribution is 2.31. The van der Waals surface area contributed by atoms with E-state index < -0.39 is 16.1 Å². The number of anilines is 1. The summed E-state index contributed by atoms with van der Waals surface area (Å²) in [7, 11) is -2.14. The van der Waals surface area contributed by atoms with E-state index in [1.807, 2.05) is 39.0 Å². The fourth-order valence-electron chi connectivity index (χ4n) is 3.56. The first-order valence-corrected chi connectivity index (χ1v) is 11.9. The van der Waals surface area contributed by atoms with Gasteiger partial charge in [0.15, 0.2) is 6.10 Å². The zero-order valence-corrected chi connectivity index (χ0v) is 19.3. The molecule has 1 atom stereocenters. The van der Waals surface area contributed by atoms with Gasteiger partial charge in [0.05, 0.1) is 17.7 Å². The quantitative estimate of drug-likeness (QED) is 0.665. The molecule has 8 heteroatoms. The molecule has 168 valence electrons. The summed E-state index contributed by atoms with van der Waals surface area (Å²) in [6.45, 7) is 6.82. The van der Waals surface area contributed by atoms with Gasteiger partial charge < -0.3 is 14.8 Å². The van der Waals surface area contributed by atoms with Crippen LogP contribution in [0.3, 0.4) is 0 Å². The number of nitrogens with zero attached hydrogens (tertiary/aromatic N) is 1. The summed E-state index contributed by atoms with van der Waals surface area (Å²) in [5.41, 5.74) is 2.36. The zero-order valence-electron chi connectivity index (χ0n) is 18.5. The lowest BCUT2D eigenvalue weighted by atomic mass is 10.1. The zero-order chi connectivity index (χ0) is 22.6. The monoisotopic (exact) mass is 446 g/mol. The minimum Gasteiger partial charge on any atom is -0.495 e. The van der Waals surface area contributed by atoms with Crippen molar-refractivity contribution in [2.75, 3.05) is 25.5 Å². The molecule has 0 aliphatic carbocycles. The first-order chi connectivity index (χ1) is 14.8. The molecule has 0 radical (unpaired) electrons. The van der Waals surface area contributed by atoms with E-state index in [1.54, 1.807) is 6.07 Å². The number of sulfonamides is 1. The normalized spacial score (nSPS) is 15.5. The number of carbonyl (C=O) groups is 1. The van der Waals surface area contributed by atoms with E-state index >= 15 is 0 Å². The van der Waals surface area contributed by atoms with Crippen LogP contribution in [0.15, 0.2) is 41.3 Å². The van der Waals surface area contributed by atoms with Crippen LogP contribution < -0.4 is 14.8 Å². The Bertz CT molecular complexity index is 1050. The number of benzene rings is 2. The van der Waals surface area contributed by atoms with Crippen LogP contribution in [0.4, 0.5) is 5.69 Å². The second-order valence-electron chi connectivity index (χ2n) is 7.68. The Morgan fingerprint density at radius 3 is 2.48 bits per heavy atom. The van der Waals surface area contributed by atoms with Crippen molar-refractivity contribution in [2.45, 2.75) is 51.0 Å². The van der Waals surface area contributed by atoms with Gasteiger partial charge >= 0.3 is 0 Å². The van der Waals surface area contributed by atoms with Gasteiger partial charge in [0.2, 0.25) is 10.0 Å². The van der Waals surface area contributed by atoms with Crippen LogP contribution in [0.5, 0.6) is 11.5 Å². The standard InChI is InChI=1S/C23H30N2O5S/c1-5-20(30-21-10-8-9-16(2)17(21)3)23(26)24-19-15-18(11-12-22(19)29-4)31(27,28)25-13-6-7-14-25/h8-12,15,20H,5-7,13-14H2,1-4H3,(H,24,26)/t20-/m0/s1. The molecule has 2 aromatic carbocycles. The highest BCUT2D eigenvalue weighted by Gasteiger charge is 2.28. The van der Waals surface area contributed by atoms with Crippen LogP contribution >= 0.6 is 0 Å². The van der Waals surface area contributed by atoms with Gasteiger partial charge in [-0.3, -0.25) is 4.79 Å². The topological polar surface area (TPSA) is 84.9 Å². The van der Waals surface area contributed by atoms with Crippen LogP contribution in [0.25, 0.3) is 0 Å². The van der Waals surface area contributed by atoms with Crippen LogP contribution in [-0.2, 0) is 14.8 Å². The molecule has 0 spiro atoms. The van der Waals surface area contributed by atoms with Crippen molar-refractivity contribution in [3.8, 4) is 11.5 Å². The second-order valence-corrected chi connectivity index (χ2v) is 9.61. The summed E-state index contributed by atoms with van der Waals surface area (Å²) in [5, 5.41) is 2.80. The summed E-state index contributed by atoms with van der Waals surface area (Å²) >= 11 is 0. The number of hydrogen-bond donors (Lipinski definition) is 1. The minimum absolute atomic E-state index is 0.133. The van der Waals surface area contributed by atoms with Gasteiger partial charge in [-0.1, -0.05) is 19.1 Å². The van der Waals surface area contributed by atoms with Crippen molar-refractivity contribution in [2.24, 2.45) is 0 Å². The molecule has 0 aromatic heterocycles. The first kappa shape index (κ1) is 23.1. The second kappa shape index (κ2) is 9.70. The number of rotatable bonds is 8. The molecule has 0 saturated carbocycles. The molecule has 0 bridgehead atoms. The number of aryl methyl sites for hydroxylation is 1. The number of ether oxygens (including phenoxy) is 2. The van der Waals surface area contributed by atoms with Crippen LogP contribution in [-0.4, -0.2) is 44.9 Å². The Hall–Kier alpha value is -2.58. The number of nitrogens with one attached hydrogen (secondary N) is 1. The van der Waals surface area contributed by atoms with Crippen molar-refractivity contribution < 1.29 is 22.7 Å². The number of hydrogen-bond acceptors (Lipinski definition) is 5. The molecule has 1 aliphatic heterocycles. The van der Waals surface area contributed by atoms with Crippen molar-refractivity contribution in [3.63, 3.8) is 0 Å². The summed E-state index contributed by atoms with van der Waals surface area (Å²) in [6, 6.07) is 10.2. The average Bonchev–Trinajstić information content (AvgIpc) is 3.30. The van der Waals surface area contributed by atoms with Gasteiger partial charge in [0.25, 0.3) is 5.91 Å². The predicted molar refractivity (Wildman–Crippen MR) is 120 cm³/mol. The number of carbonyl (C=O) groups excluding carboxylic acids is 1. The third-order valence-electron chi connectivity index (χ3n) is 5.62. The Kier molecular flexibility index (Phi) is 7.23. The van der Waals surface area contributed by atoms with Crippen LogP contribution in [0.2, 0.25) is 0 Å². The Morgan fingerprint density at radius 1 is 1.13 bits per heavy atom. The summed E-state index contributed by atoms with van der Waals surface area (Å²) < 4.78 is 38.6. The molecule has 1 fully saturated rings. The van der Waals surface area contributed by atoms with Gasteiger partial charge in [-0.2, -0.15) is 4.31 Å².